The average Bonchev–Trinajstić information content (AvgIpc) is 2.66. The Kier molecular flexibility index (Phi) is 5.67. The minimum Gasteiger partial charge on any atom is -0.330 e. The lowest BCUT2D eigenvalue weighted by atomic mass is 9.76. The van der Waals surface area contributed by atoms with Crippen molar-refractivity contribution >= 4 is 15.9 Å². The van der Waals surface area contributed by atoms with E-state index in [1.807, 2.05) is 0 Å². The van der Waals surface area contributed by atoms with Crippen molar-refractivity contribution in [1.29, 1.82) is 0 Å². The highest BCUT2D eigenvalue weighted by Gasteiger charge is 2.32. The molecular formula is C16H28BrN3. The Hall–Kier alpha value is -0.350. The Morgan fingerprint density at radius 2 is 1.85 bits per heavy atom. The van der Waals surface area contributed by atoms with E-state index in [1.54, 1.807) is 0 Å². The summed E-state index contributed by atoms with van der Waals surface area (Å²) in [6, 6.07) is 0. The molecule has 0 bridgehead atoms. The highest BCUT2D eigenvalue weighted by molar-refractivity contribution is 9.10. The zero-order valence-electron chi connectivity index (χ0n) is 12.9. The molecule has 2 N–H and O–H groups in total. The van der Waals surface area contributed by atoms with Crippen molar-refractivity contribution in [2.75, 3.05) is 6.54 Å². The van der Waals surface area contributed by atoms with Gasteiger partial charge in [-0.3, -0.25) is 4.68 Å². The van der Waals surface area contributed by atoms with Crippen molar-refractivity contribution in [3.05, 3.63) is 15.9 Å². The summed E-state index contributed by atoms with van der Waals surface area (Å²) >= 11 is 3.78. The maximum atomic E-state index is 6.19. The second kappa shape index (κ2) is 7.08. The molecule has 0 radical (unpaired) electrons. The lowest BCUT2D eigenvalue weighted by molar-refractivity contribution is 0.245. The summed E-state index contributed by atoms with van der Waals surface area (Å²) in [6.45, 7) is 6.08. The highest BCUT2D eigenvalue weighted by atomic mass is 79.9. The van der Waals surface area contributed by atoms with E-state index in [-0.39, 0.29) is 5.41 Å². The fourth-order valence-electron chi connectivity index (χ4n) is 3.47. The molecule has 114 valence electrons. The number of halogens is 1. The van der Waals surface area contributed by atoms with Gasteiger partial charge in [-0.25, -0.2) is 0 Å². The van der Waals surface area contributed by atoms with E-state index in [2.05, 4.69) is 34.5 Å². The largest absolute Gasteiger partial charge is 0.330 e. The summed E-state index contributed by atoms with van der Waals surface area (Å²) in [7, 11) is 0. The standard InChI is InChI=1S/C16H28BrN3/c1-3-13-15(17)14(20(4-2)19-13)11-16(12-18)9-7-5-6-8-10-16/h3-12,18H2,1-2H3. The van der Waals surface area contributed by atoms with Crippen LogP contribution in [-0.2, 0) is 19.4 Å². The summed E-state index contributed by atoms with van der Waals surface area (Å²) in [4.78, 5) is 0. The van der Waals surface area contributed by atoms with Crippen molar-refractivity contribution in [3.63, 3.8) is 0 Å². The lowest BCUT2D eigenvalue weighted by Crippen LogP contribution is -2.33. The maximum Gasteiger partial charge on any atom is 0.0766 e. The minimum absolute atomic E-state index is 0.289. The molecule has 0 spiro atoms. The smallest absolute Gasteiger partial charge is 0.0766 e. The number of nitrogens with two attached hydrogens (primary N) is 1. The zero-order valence-corrected chi connectivity index (χ0v) is 14.5. The van der Waals surface area contributed by atoms with E-state index >= 15 is 0 Å². The zero-order chi connectivity index (χ0) is 14.6. The van der Waals surface area contributed by atoms with Crippen LogP contribution in [0.1, 0.15) is 63.8 Å². The van der Waals surface area contributed by atoms with Crippen molar-refractivity contribution in [2.45, 2.75) is 71.8 Å². The molecule has 1 heterocycles. The van der Waals surface area contributed by atoms with Gasteiger partial charge in [-0.15, -0.1) is 0 Å². The molecule has 20 heavy (non-hydrogen) atoms. The first kappa shape index (κ1) is 16.0. The summed E-state index contributed by atoms with van der Waals surface area (Å²) in [5, 5.41) is 4.73. The summed E-state index contributed by atoms with van der Waals surface area (Å²) in [5.74, 6) is 0. The summed E-state index contributed by atoms with van der Waals surface area (Å²) in [5.41, 5.74) is 9.02. The Balaban J connectivity index is 2.28. The molecule has 4 heteroatoms. The van der Waals surface area contributed by atoms with Gasteiger partial charge in [0.05, 0.1) is 15.9 Å². The molecule has 1 aliphatic carbocycles. The van der Waals surface area contributed by atoms with Gasteiger partial charge in [0.1, 0.15) is 0 Å². The number of hydrogen-bond donors (Lipinski definition) is 1. The number of aromatic nitrogens is 2. The molecule has 0 saturated heterocycles. The first-order chi connectivity index (χ1) is 9.65. The lowest BCUT2D eigenvalue weighted by Gasteiger charge is -2.31. The molecule has 1 saturated carbocycles. The van der Waals surface area contributed by atoms with Crippen molar-refractivity contribution in [1.82, 2.24) is 9.78 Å². The van der Waals surface area contributed by atoms with E-state index in [9.17, 15) is 0 Å². The van der Waals surface area contributed by atoms with Gasteiger partial charge >= 0.3 is 0 Å². The van der Waals surface area contributed by atoms with Crippen LogP contribution < -0.4 is 5.73 Å². The number of rotatable bonds is 5. The molecule has 1 aromatic heterocycles. The first-order valence-electron chi connectivity index (χ1n) is 8.10. The monoisotopic (exact) mass is 341 g/mol. The molecule has 0 atom stereocenters. The molecule has 0 aliphatic heterocycles. The van der Waals surface area contributed by atoms with Crippen LogP contribution in [0.3, 0.4) is 0 Å². The first-order valence-corrected chi connectivity index (χ1v) is 8.89. The van der Waals surface area contributed by atoms with Crippen LogP contribution in [0, 0.1) is 5.41 Å². The highest BCUT2D eigenvalue weighted by Crippen LogP contribution is 2.39. The van der Waals surface area contributed by atoms with Gasteiger partial charge in [0.15, 0.2) is 0 Å². The predicted molar refractivity (Wildman–Crippen MR) is 87.9 cm³/mol. The van der Waals surface area contributed by atoms with Gasteiger partial charge in [0.2, 0.25) is 0 Å². The molecule has 0 unspecified atom stereocenters. The van der Waals surface area contributed by atoms with E-state index < -0.39 is 0 Å². The fraction of sp³-hybridized carbons (Fsp3) is 0.812. The Bertz CT molecular complexity index is 431. The van der Waals surface area contributed by atoms with Crippen molar-refractivity contribution < 1.29 is 0 Å². The van der Waals surface area contributed by atoms with Crippen molar-refractivity contribution in [2.24, 2.45) is 11.1 Å². The molecular weight excluding hydrogens is 314 g/mol. The van der Waals surface area contributed by atoms with E-state index in [0.29, 0.717) is 0 Å². The Morgan fingerprint density at radius 3 is 2.35 bits per heavy atom. The number of nitrogens with zero attached hydrogens (tertiary/aromatic N) is 2. The maximum absolute atomic E-state index is 6.19. The molecule has 1 aliphatic rings. The minimum atomic E-state index is 0.289. The third-order valence-corrected chi connectivity index (χ3v) is 5.75. The van der Waals surface area contributed by atoms with Crippen LogP contribution in [0.5, 0.6) is 0 Å². The SMILES string of the molecule is CCc1nn(CC)c(CC2(CN)CCCCCC2)c1Br. The average molecular weight is 342 g/mol. The van der Waals surface area contributed by atoms with Gasteiger partial charge in [-0.05, 0) is 60.5 Å². The Morgan fingerprint density at radius 1 is 1.20 bits per heavy atom. The van der Waals surface area contributed by atoms with Gasteiger partial charge in [0, 0.05) is 6.54 Å². The molecule has 0 amide bonds. The topological polar surface area (TPSA) is 43.8 Å². The van der Waals surface area contributed by atoms with Crippen LogP contribution in [0.2, 0.25) is 0 Å². The quantitative estimate of drug-likeness (QED) is 0.820. The molecule has 1 aromatic rings. The van der Waals surface area contributed by atoms with Gasteiger partial charge in [0.25, 0.3) is 0 Å². The van der Waals surface area contributed by atoms with Crippen LogP contribution >= 0.6 is 15.9 Å². The summed E-state index contributed by atoms with van der Waals surface area (Å²) in [6.07, 6.45) is 10.00. The molecule has 1 fully saturated rings. The molecule has 0 aromatic carbocycles. The van der Waals surface area contributed by atoms with Crippen LogP contribution in [0.15, 0.2) is 4.47 Å². The third kappa shape index (κ3) is 3.28. The van der Waals surface area contributed by atoms with Gasteiger partial charge in [-0.2, -0.15) is 5.10 Å². The van der Waals surface area contributed by atoms with Crippen LogP contribution in [0.25, 0.3) is 0 Å². The number of aryl methyl sites for hydroxylation is 2. The van der Waals surface area contributed by atoms with Crippen LogP contribution in [-0.4, -0.2) is 16.3 Å². The van der Waals surface area contributed by atoms with Gasteiger partial charge in [-0.1, -0.05) is 32.6 Å². The normalized spacial score (nSPS) is 19.0. The molecule has 2 rings (SSSR count). The van der Waals surface area contributed by atoms with E-state index in [1.165, 1.54) is 54.4 Å². The van der Waals surface area contributed by atoms with E-state index in [4.69, 9.17) is 10.8 Å². The van der Waals surface area contributed by atoms with Crippen molar-refractivity contribution in [3.8, 4) is 0 Å². The van der Waals surface area contributed by atoms with E-state index in [0.717, 1.165) is 25.9 Å². The van der Waals surface area contributed by atoms with Crippen LogP contribution in [0.4, 0.5) is 0 Å². The summed E-state index contributed by atoms with van der Waals surface area (Å²) < 4.78 is 3.39. The second-order valence-corrected chi connectivity index (χ2v) is 6.96. The molecule has 3 nitrogen and oxygen atoms in total. The Labute approximate surface area is 131 Å². The van der Waals surface area contributed by atoms with Gasteiger partial charge < -0.3 is 5.73 Å². The fourth-order valence-corrected chi connectivity index (χ4v) is 4.18. The third-order valence-electron chi connectivity index (χ3n) is 4.83. The predicted octanol–water partition coefficient (Wildman–Crippen LogP) is 4.07. The number of hydrogen-bond acceptors (Lipinski definition) is 2. The second-order valence-electron chi connectivity index (χ2n) is 6.17.